The molecule has 0 saturated carbocycles. The van der Waals surface area contributed by atoms with E-state index in [1.807, 2.05) is 24.3 Å². The first-order valence-electron chi connectivity index (χ1n) is 12.9. The molecule has 2 aromatic carbocycles. The van der Waals surface area contributed by atoms with E-state index in [-0.39, 0.29) is 18.7 Å². The fourth-order valence-corrected chi connectivity index (χ4v) is 4.25. The Hall–Kier alpha value is -4.18. The summed E-state index contributed by atoms with van der Waals surface area (Å²) in [6, 6.07) is 10.8. The zero-order valence-electron chi connectivity index (χ0n) is 22.0. The van der Waals surface area contributed by atoms with Crippen LogP contribution in [-0.2, 0) is 13.1 Å². The van der Waals surface area contributed by atoms with Crippen molar-refractivity contribution in [3.63, 3.8) is 0 Å². The van der Waals surface area contributed by atoms with Crippen LogP contribution in [0.3, 0.4) is 0 Å². The Morgan fingerprint density at radius 3 is 2.62 bits per heavy atom. The highest BCUT2D eigenvalue weighted by atomic mass is 19.2. The second-order valence-electron chi connectivity index (χ2n) is 9.06. The van der Waals surface area contributed by atoms with Crippen LogP contribution in [0.15, 0.2) is 66.0 Å². The fraction of sp³-hybridized carbons (Fsp3) is 0.310. The Labute approximate surface area is 225 Å². The number of fused-ring (bicyclic) bond motifs is 1. The van der Waals surface area contributed by atoms with Gasteiger partial charge in [-0.05, 0) is 61.0 Å². The number of aromatic nitrogens is 3. The van der Waals surface area contributed by atoms with E-state index >= 15 is 0 Å². The molecule has 39 heavy (non-hydrogen) atoms. The Balaban J connectivity index is 1.42. The number of hydrogen-bond donors (Lipinski definition) is 1. The predicted octanol–water partition coefficient (Wildman–Crippen LogP) is 4.16. The molecule has 2 heterocycles. The van der Waals surface area contributed by atoms with Crippen molar-refractivity contribution in [1.82, 2.24) is 24.8 Å². The van der Waals surface area contributed by atoms with E-state index in [2.05, 4.69) is 34.0 Å². The summed E-state index contributed by atoms with van der Waals surface area (Å²) in [7, 11) is 0. The lowest BCUT2D eigenvalue weighted by Crippen LogP contribution is -2.33. The molecule has 0 radical (unpaired) electrons. The normalized spacial score (nSPS) is 11.2. The molecular formula is C29H31F2N5O3. The molecule has 0 fully saturated rings. The van der Waals surface area contributed by atoms with E-state index in [4.69, 9.17) is 4.74 Å². The first kappa shape index (κ1) is 27.8. The number of rotatable bonds is 12. The highest BCUT2D eigenvalue weighted by Crippen LogP contribution is 2.25. The highest BCUT2D eigenvalue weighted by Gasteiger charge is 2.14. The first-order valence-corrected chi connectivity index (χ1v) is 12.9. The van der Waals surface area contributed by atoms with Crippen molar-refractivity contribution in [3.05, 3.63) is 99.9 Å². The van der Waals surface area contributed by atoms with Crippen molar-refractivity contribution in [2.45, 2.75) is 33.4 Å². The minimum absolute atomic E-state index is 0.0560. The molecule has 0 aliphatic rings. The lowest BCUT2D eigenvalue weighted by Gasteiger charge is -2.18. The van der Waals surface area contributed by atoms with Crippen molar-refractivity contribution in [2.24, 2.45) is 0 Å². The van der Waals surface area contributed by atoms with Gasteiger partial charge in [-0.1, -0.05) is 26.0 Å². The van der Waals surface area contributed by atoms with Crippen LogP contribution in [0, 0.1) is 11.6 Å². The monoisotopic (exact) mass is 535 g/mol. The van der Waals surface area contributed by atoms with Crippen molar-refractivity contribution in [2.75, 3.05) is 26.2 Å². The van der Waals surface area contributed by atoms with Crippen LogP contribution in [0.4, 0.5) is 8.78 Å². The van der Waals surface area contributed by atoms with Gasteiger partial charge in [-0.15, -0.1) is 0 Å². The molecule has 2 aromatic heterocycles. The van der Waals surface area contributed by atoms with E-state index < -0.39 is 23.1 Å². The molecule has 204 valence electrons. The Morgan fingerprint density at radius 1 is 1.05 bits per heavy atom. The SMILES string of the molecule is CCN(CC)CCCOc1ccnc2ccc(CNC(=O)c3cncn(Cc4ccc(F)c(F)c4)c3=O)cc12. The van der Waals surface area contributed by atoms with E-state index in [0.29, 0.717) is 12.2 Å². The van der Waals surface area contributed by atoms with E-state index in [1.165, 1.54) is 23.2 Å². The van der Waals surface area contributed by atoms with Crippen LogP contribution >= 0.6 is 0 Å². The van der Waals surface area contributed by atoms with Crippen molar-refractivity contribution in [3.8, 4) is 5.75 Å². The number of amides is 1. The third-order valence-corrected chi connectivity index (χ3v) is 6.47. The second kappa shape index (κ2) is 13.1. The number of pyridine rings is 1. The Bertz CT molecular complexity index is 1500. The summed E-state index contributed by atoms with van der Waals surface area (Å²) in [6.45, 7) is 7.94. The maximum atomic E-state index is 13.6. The summed E-state index contributed by atoms with van der Waals surface area (Å²) in [6.07, 6.45) is 5.05. The predicted molar refractivity (Wildman–Crippen MR) is 145 cm³/mol. The molecule has 4 aromatic rings. The highest BCUT2D eigenvalue weighted by molar-refractivity contribution is 5.93. The molecule has 0 bridgehead atoms. The summed E-state index contributed by atoms with van der Waals surface area (Å²) in [5.41, 5.74) is 1.21. The summed E-state index contributed by atoms with van der Waals surface area (Å²) >= 11 is 0. The lowest BCUT2D eigenvalue weighted by atomic mass is 10.1. The van der Waals surface area contributed by atoms with E-state index in [0.717, 1.165) is 60.4 Å². The van der Waals surface area contributed by atoms with E-state index in [1.54, 1.807) is 6.20 Å². The summed E-state index contributed by atoms with van der Waals surface area (Å²) < 4.78 is 34.0. The molecule has 10 heteroatoms. The second-order valence-corrected chi connectivity index (χ2v) is 9.06. The molecule has 8 nitrogen and oxygen atoms in total. The number of hydrogen-bond acceptors (Lipinski definition) is 6. The van der Waals surface area contributed by atoms with Gasteiger partial charge in [-0.3, -0.25) is 19.1 Å². The average Bonchev–Trinajstić information content (AvgIpc) is 2.95. The van der Waals surface area contributed by atoms with Gasteiger partial charge in [0.15, 0.2) is 11.6 Å². The molecule has 4 rings (SSSR count). The largest absolute Gasteiger partial charge is 0.493 e. The number of halogens is 2. The van der Waals surface area contributed by atoms with Crippen LogP contribution in [0.1, 0.15) is 41.8 Å². The number of nitrogens with zero attached hydrogens (tertiary/aromatic N) is 4. The smallest absolute Gasteiger partial charge is 0.266 e. The zero-order valence-corrected chi connectivity index (χ0v) is 22.0. The maximum absolute atomic E-state index is 13.6. The molecule has 0 unspecified atom stereocenters. The molecule has 0 saturated heterocycles. The lowest BCUT2D eigenvalue weighted by molar-refractivity contribution is 0.0948. The fourth-order valence-electron chi connectivity index (χ4n) is 4.25. The third kappa shape index (κ3) is 7.02. The summed E-state index contributed by atoms with van der Waals surface area (Å²) in [4.78, 5) is 36.4. The molecule has 0 aliphatic heterocycles. The van der Waals surface area contributed by atoms with Gasteiger partial charge in [-0.2, -0.15) is 0 Å². The summed E-state index contributed by atoms with van der Waals surface area (Å²) in [5, 5.41) is 3.59. The van der Waals surface area contributed by atoms with Gasteiger partial charge in [0, 0.05) is 30.9 Å². The topological polar surface area (TPSA) is 89.3 Å². The van der Waals surface area contributed by atoms with Gasteiger partial charge < -0.3 is 15.0 Å². The van der Waals surface area contributed by atoms with Crippen LogP contribution in [0.25, 0.3) is 10.9 Å². The van der Waals surface area contributed by atoms with Crippen LogP contribution in [-0.4, -0.2) is 51.6 Å². The maximum Gasteiger partial charge on any atom is 0.266 e. The summed E-state index contributed by atoms with van der Waals surface area (Å²) in [5.74, 6) is -1.86. The van der Waals surface area contributed by atoms with E-state index in [9.17, 15) is 18.4 Å². The van der Waals surface area contributed by atoms with Crippen LogP contribution < -0.4 is 15.6 Å². The Morgan fingerprint density at radius 2 is 1.85 bits per heavy atom. The van der Waals surface area contributed by atoms with Gasteiger partial charge in [0.2, 0.25) is 0 Å². The minimum Gasteiger partial charge on any atom is -0.493 e. The van der Waals surface area contributed by atoms with Crippen molar-refractivity contribution >= 4 is 16.8 Å². The van der Waals surface area contributed by atoms with Gasteiger partial charge in [0.05, 0.1) is 25.0 Å². The minimum atomic E-state index is -1.01. The number of carbonyl (C=O) groups is 1. The first-order chi connectivity index (χ1) is 18.9. The standard InChI is InChI=1S/C29H31F2N5O3/c1-3-35(4-2)12-5-13-39-27-10-11-33-26-9-7-20(14-22(26)27)16-34-28(37)23-17-32-19-36(29(23)38)18-21-6-8-24(30)25(31)15-21/h6-11,14-15,17,19H,3-5,12-13,16,18H2,1-2H3,(H,34,37). The zero-order chi connectivity index (χ0) is 27.8. The third-order valence-electron chi connectivity index (χ3n) is 6.47. The average molecular weight is 536 g/mol. The quantitative estimate of drug-likeness (QED) is 0.274. The number of nitrogens with one attached hydrogen (secondary N) is 1. The molecular weight excluding hydrogens is 504 g/mol. The van der Waals surface area contributed by atoms with Crippen molar-refractivity contribution < 1.29 is 18.3 Å². The molecule has 0 atom stereocenters. The molecule has 0 aliphatic carbocycles. The molecule has 0 spiro atoms. The number of carbonyl (C=O) groups excluding carboxylic acids is 1. The Kier molecular flexibility index (Phi) is 9.32. The van der Waals surface area contributed by atoms with Crippen LogP contribution in [0.5, 0.6) is 5.75 Å². The van der Waals surface area contributed by atoms with Crippen molar-refractivity contribution in [1.29, 1.82) is 0 Å². The number of ether oxygens (including phenoxy) is 1. The van der Waals surface area contributed by atoms with Gasteiger partial charge in [0.25, 0.3) is 11.5 Å². The van der Waals surface area contributed by atoms with Crippen LogP contribution in [0.2, 0.25) is 0 Å². The van der Waals surface area contributed by atoms with Gasteiger partial charge in [-0.25, -0.2) is 13.8 Å². The molecule has 1 N–H and O–H groups in total. The van der Waals surface area contributed by atoms with Gasteiger partial charge in [0.1, 0.15) is 11.3 Å². The molecule has 1 amide bonds. The van der Waals surface area contributed by atoms with Gasteiger partial charge >= 0.3 is 0 Å². The number of benzene rings is 2.